The molecule has 1 aromatic carbocycles. The van der Waals surface area contributed by atoms with Crippen molar-refractivity contribution in [2.75, 3.05) is 13.1 Å². The molecule has 1 aliphatic rings. The van der Waals surface area contributed by atoms with Gasteiger partial charge in [-0.3, -0.25) is 9.59 Å². The minimum Gasteiger partial charge on any atom is -0.333 e. The lowest BCUT2D eigenvalue weighted by Crippen LogP contribution is -2.43. The first kappa shape index (κ1) is 25.5. The third-order valence-corrected chi connectivity index (χ3v) is 7.21. The number of carbonyl (C=O) groups is 2. The Labute approximate surface area is 204 Å². The van der Waals surface area contributed by atoms with Gasteiger partial charge in [-0.2, -0.15) is 0 Å². The lowest BCUT2D eigenvalue weighted by Gasteiger charge is -2.28. The largest absolute Gasteiger partial charge is 0.333 e. The van der Waals surface area contributed by atoms with Crippen LogP contribution in [0.2, 0.25) is 0 Å². The van der Waals surface area contributed by atoms with Gasteiger partial charge >= 0.3 is 0 Å². The van der Waals surface area contributed by atoms with Gasteiger partial charge in [0.1, 0.15) is 0 Å². The zero-order valence-electron chi connectivity index (χ0n) is 20.2. The Hall–Kier alpha value is -2.14. The van der Waals surface area contributed by atoms with E-state index in [0.29, 0.717) is 25.4 Å². The maximum Gasteiger partial charge on any atom is 0.242 e. The van der Waals surface area contributed by atoms with Gasteiger partial charge < -0.3 is 9.80 Å². The predicted molar refractivity (Wildman–Crippen MR) is 137 cm³/mol. The molecule has 1 heterocycles. The van der Waals surface area contributed by atoms with Gasteiger partial charge in [0.05, 0.1) is 13.1 Å². The van der Waals surface area contributed by atoms with E-state index in [2.05, 4.69) is 25.1 Å². The SMILES string of the molecule is CCCCCCCCCC(=O)N(CC(=O)N(Cc1ccccc1)Cc1cccs1)CC1CC1. The number of carbonyl (C=O) groups excluding carboxylic acids is 2. The molecule has 0 atom stereocenters. The van der Waals surface area contributed by atoms with E-state index in [1.54, 1.807) is 11.3 Å². The molecule has 1 saturated carbocycles. The van der Waals surface area contributed by atoms with Gasteiger partial charge in [0.25, 0.3) is 0 Å². The van der Waals surface area contributed by atoms with Crippen LogP contribution in [0.15, 0.2) is 47.8 Å². The third-order valence-electron chi connectivity index (χ3n) is 6.34. The summed E-state index contributed by atoms with van der Waals surface area (Å²) < 4.78 is 0. The number of hydrogen-bond acceptors (Lipinski definition) is 3. The standard InChI is InChI=1S/C28H40N2O2S/c1-2-3-4-5-6-7-11-16-27(31)30(21-25-17-18-25)23-28(32)29(22-26-15-12-19-33-26)20-24-13-9-8-10-14-24/h8-10,12-15,19,25H,2-7,11,16-18,20-23H2,1H3. The molecule has 2 aromatic rings. The average molecular weight is 469 g/mol. The molecule has 0 bridgehead atoms. The summed E-state index contributed by atoms with van der Waals surface area (Å²) in [5, 5.41) is 2.05. The molecule has 0 N–H and O–H groups in total. The highest BCUT2D eigenvalue weighted by Crippen LogP contribution is 2.30. The van der Waals surface area contributed by atoms with Crippen LogP contribution in [-0.4, -0.2) is 34.7 Å². The average Bonchev–Trinajstić information content (AvgIpc) is 3.50. The molecule has 0 spiro atoms. The molecule has 1 aliphatic carbocycles. The molecule has 0 aliphatic heterocycles. The summed E-state index contributed by atoms with van der Waals surface area (Å²) in [6, 6.07) is 14.2. The van der Waals surface area contributed by atoms with E-state index in [4.69, 9.17) is 0 Å². The molecule has 4 nitrogen and oxygen atoms in total. The van der Waals surface area contributed by atoms with Crippen LogP contribution in [0.1, 0.15) is 81.6 Å². The second-order valence-corrected chi connectivity index (χ2v) is 10.4. The van der Waals surface area contributed by atoms with Gasteiger partial charge in [0.2, 0.25) is 11.8 Å². The minimum absolute atomic E-state index is 0.0424. The maximum absolute atomic E-state index is 13.4. The molecule has 0 radical (unpaired) electrons. The van der Waals surface area contributed by atoms with Crippen LogP contribution < -0.4 is 0 Å². The Morgan fingerprint density at radius 2 is 1.58 bits per heavy atom. The van der Waals surface area contributed by atoms with Crippen LogP contribution in [0, 0.1) is 5.92 Å². The Kier molecular flexibility index (Phi) is 11.0. The topological polar surface area (TPSA) is 40.6 Å². The first-order valence-electron chi connectivity index (χ1n) is 12.8. The normalized spacial score (nSPS) is 13.1. The summed E-state index contributed by atoms with van der Waals surface area (Å²) in [5.74, 6) is 0.774. The fourth-order valence-electron chi connectivity index (χ4n) is 4.15. The first-order valence-corrected chi connectivity index (χ1v) is 13.7. The van der Waals surface area contributed by atoms with Gasteiger partial charge in [-0.25, -0.2) is 0 Å². The second-order valence-electron chi connectivity index (χ2n) is 9.40. The molecule has 1 aromatic heterocycles. The van der Waals surface area contributed by atoms with E-state index in [-0.39, 0.29) is 18.4 Å². The van der Waals surface area contributed by atoms with Crippen molar-refractivity contribution >= 4 is 23.2 Å². The van der Waals surface area contributed by atoms with Gasteiger partial charge in [0.15, 0.2) is 0 Å². The number of amides is 2. The van der Waals surface area contributed by atoms with Crippen molar-refractivity contribution in [3.05, 3.63) is 58.3 Å². The number of thiophene rings is 1. The summed E-state index contributed by atoms with van der Waals surface area (Å²) in [4.78, 5) is 31.4. The number of rotatable bonds is 16. The molecule has 2 amide bonds. The molecular formula is C28H40N2O2S. The number of unbranched alkanes of at least 4 members (excludes halogenated alkanes) is 6. The summed E-state index contributed by atoms with van der Waals surface area (Å²) >= 11 is 1.67. The van der Waals surface area contributed by atoms with Crippen LogP contribution in [0.3, 0.4) is 0 Å². The van der Waals surface area contributed by atoms with Crippen molar-refractivity contribution in [1.29, 1.82) is 0 Å². The van der Waals surface area contributed by atoms with Gasteiger partial charge in [-0.15, -0.1) is 11.3 Å². The lowest BCUT2D eigenvalue weighted by molar-refractivity contribution is -0.141. The Balaban J connectivity index is 1.55. The van der Waals surface area contributed by atoms with Crippen molar-refractivity contribution in [1.82, 2.24) is 9.80 Å². The number of hydrogen-bond donors (Lipinski definition) is 0. The molecule has 3 rings (SSSR count). The fourth-order valence-corrected chi connectivity index (χ4v) is 4.87. The number of benzene rings is 1. The Morgan fingerprint density at radius 3 is 2.24 bits per heavy atom. The van der Waals surface area contributed by atoms with E-state index in [1.165, 1.54) is 49.8 Å². The molecule has 33 heavy (non-hydrogen) atoms. The lowest BCUT2D eigenvalue weighted by atomic mass is 10.1. The molecule has 1 fully saturated rings. The van der Waals surface area contributed by atoms with E-state index < -0.39 is 0 Å². The molecule has 0 unspecified atom stereocenters. The van der Waals surface area contributed by atoms with E-state index in [0.717, 1.165) is 24.9 Å². The Morgan fingerprint density at radius 1 is 0.848 bits per heavy atom. The molecular weight excluding hydrogens is 428 g/mol. The summed E-state index contributed by atoms with van der Waals surface area (Å²) in [6.07, 6.45) is 11.3. The molecule has 0 saturated heterocycles. The van der Waals surface area contributed by atoms with Gasteiger partial charge in [0, 0.05) is 24.4 Å². The van der Waals surface area contributed by atoms with Crippen molar-refractivity contribution < 1.29 is 9.59 Å². The quantitative estimate of drug-likeness (QED) is 0.259. The van der Waals surface area contributed by atoms with Crippen LogP contribution in [-0.2, 0) is 22.7 Å². The fraction of sp³-hybridized carbons (Fsp3) is 0.571. The van der Waals surface area contributed by atoms with Crippen LogP contribution >= 0.6 is 11.3 Å². The predicted octanol–water partition coefficient (Wildman–Crippen LogP) is 6.66. The van der Waals surface area contributed by atoms with Crippen LogP contribution in [0.5, 0.6) is 0 Å². The van der Waals surface area contributed by atoms with E-state index in [1.807, 2.05) is 39.4 Å². The highest BCUT2D eigenvalue weighted by Gasteiger charge is 2.29. The first-order chi connectivity index (χ1) is 16.2. The Bertz CT molecular complexity index is 818. The van der Waals surface area contributed by atoms with E-state index >= 15 is 0 Å². The van der Waals surface area contributed by atoms with E-state index in [9.17, 15) is 9.59 Å². The van der Waals surface area contributed by atoms with Crippen LogP contribution in [0.25, 0.3) is 0 Å². The van der Waals surface area contributed by atoms with Gasteiger partial charge in [-0.05, 0) is 42.2 Å². The van der Waals surface area contributed by atoms with Gasteiger partial charge in [-0.1, -0.05) is 81.8 Å². The highest BCUT2D eigenvalue weighted by atomic mass is 32.1. The highest BCUT2D eigenvalue weighted by molar-refractivity contribution is 7.09. The van der Waals surface area contributed by atoms with Crippen molar-refractivity contribution in [2.24, 2.45) is 5.92 Å². The third kappa shape index (κ3) is 9.71. The summed E-state index contributed by atoms with van der Waals surface area (Å²) in [5.41, 5.74) is 1.12. The maximum atomic E-state index is 13.4. The summed E-state index contributed by atoms with van der Waals surface area (Å²) in [7, 11) is 0. The minimum atomic E-state index is 0.0424. The number of nitrogens with zero attached hydrogens (tertiary/aromatic N) is 2. The zero-order valence-corrected chi connectivity index (χ0v) is 21.0. The second kappa shape index (κ2) is 14.2. The molecule has 180 valence electrons. The smallest absolute Gasteiger partial charge is 0.242 e. The van der Waals surface area contributed by atoms with Crippen molar-refractivity contribution in [3.63, 3.8) is 0 Å². The van der Waals surface area contributed by atoms with Crippen molar-refractivity contribution in [3.8, 4) is 0 Å². The summed E-state index contributed by atoms with van der Waals surface area (Å²) in [6.45, 7) is 4.33. The zero-order chi connectivity index (χ0) is 23.3. The van der Waals surface area contributed by atoms with Crippen LogP contribution in [0.4, 0.5) is 0 Å². The monoisotopic (exact) mass is 468 g/mol. The molecule has 5 heteroatoms. The van der Waals surface area contributed by atoms with Crippen molar-refractivity contribution in [2.45, 2.75) is 84.2 Å².